The Labute approximate surface area is 157 Å². The van der Waals surface area contributed by atoms with Crippen LogP contribution in [0.5, 0.6) is 0 Å². The molecule has 1 atom stereocenters. The highest BCUT2D eigenvalue weighted by Gasteiger charge is 2.29. The van der Waals surface area contributed by atoms with E-state index in [4.69, 9.17) is 11.6 Å². The summed E-state index contributed by atoms with van der Waals surface area (Å²) in [5, 5.41) is 3.51. The Morgan fingerprint density at radius 2 is 2.08 bits per heavy atom. The number of halogens is 2. The second-order valence-electron chi connectivity index (χ2n) is 5.56. The number of aromatic nitrogens is 1. The van der Waals surface area contributed by atoms with Crippen molar-refractivity contribution in [2.75, 3.05) is 18.4 Å². The summed E-state index contributed by atoms with van der Waals surface area (Å²) in [6, 6.07) is 6.99. The smallest absolute Gasteiger partial charge is 0.265 e. The molecule has 1 unspecified atom stereocenters. The van der Waals surface area contributed by atoms with E-state index < -0.39 is 0 Å². The number of carbonyl (C=O) groups excluding carboxylic acids is 2. The van der Waals surface area contributed by atoms with Crippen molar-refractivity contribution in [1.82, 2.24) is 9.88 Å². The molecule has 0 saturated carbocycles. The van der Waals surface area contributed by atoms with E-state index in [-0.39, 0.29) is 17.7 Å². The summed E-state index contributed by atoms with van der Waals surface area (Å²) < 4.78 is 0.680. The third kappa shape index (κ3) is 4.15. The van der Waals surface area contributed by atoms with Crippen molar-refractivity contribution in [2.45, 2.75) is 12.8 Å². The number of nitrogens with one attached hydrogen (secondary N) is 1. The van der Waals surface area contributed by atoms with Crippen LogP contribution in [-0.2, 0) is 4.79 Å². The minimum absolute atomic E-state index is 0.0674. The molecule has 1 fully saturated rings. The third-order valence-electron chi connectivity index (χ3n) is 3.88. The highest BCUT2D eigenvalue weighted by atomic mass is 79.9. The molecule has 1 aromatic carbocycles. The minimum atomic E-state index is -0.213. The van der Waals surface area contributed by atoms with Gasteiger partial charge < -0.3 is 10.2 Å². The molecule has 2 amide bonds. The number of likely N-dealkylation sites (tertiary alicyclic amines) is 1. The Morgan fingerprint density at radius 1 is 1.33 bits per heavy atom. The maximum Gasteiger partial charge on any atom is 0.265 e. The zero-order chi connectivity index (χ0) is 17.1. The average molecular weight is 429 g/mol. The van der Waals surface area contributed by atoms with Crippen LogP contribution in [0.4, 0.5) is 5.69 Å². The van der Waals surface area contributed by atoms with Crippen LogP contribution in [0, 0.1) is 5.92 Å². The van der Waals surface area contributed by atoms with Gasteiger partial charge in [-0.25, -0.2) is 4.98 Å². The summed E-state index contributed by atoms with van der Waals surface area (Å²) in [5.41, 5.74) is 0.708. The fourth-order valence-electron chi connectivity index (χ4n) is 2.66. The fourth-order valence-corrected chi connectivity index (χ4v) is 4.02. The van der Waals surface area contributed by atoms with Gasteiger partial charge in [0, 0.05) is 23.8 Å². The van der Waals surface area contributed by atoms with Crippen LogP contribution < -0.4 is 5.32 Å². The van der Waals surface area contributed by atoms with Crippen molar-refractivity contribution in [3.63, 3.8) is 0 Å². The van der Waals surface area contributed by atoms with Crippen molar-refractivity contribution >= 4 is 56.4 Å². The standard InChI is InChI=1S/C16H15BrClN3O2S/c17-16-19-8-13(24-16)15(23)21-7-1-2-10(9-21)14(22)20-12-5-3-11(18)4-6-12/h3-6,8,10H,1-2,7,9H2,(H,20,22). The van der Waals surface area contributed by atoms with Gasteiger partial charge >= 0.3 is 0 Å². The zero-order valence-electron chi connectivity index (χ0n) is 12.7. The van der Waals surface area contributed by atoms with Gasteiger partial charge in [0.25, 0.3) is 5.91 Å². The van der Waals surface area contributed by atoms with E-state index in [1.807, 2.05) is 0 Å². The molecule has 2 aromatic rings. The molecule has 0 spiro atoms. The Balaban J connectivity index is 1.63. The quantitative estimate of drug-likeness (QED) is 0.802. The fraction of sp³-hybridized carbons (Fsp3) is 0.312. The molecule has 2 heterocycles. The maximum atomic E-state index is 12.5. The first-order chi connectivity index (χ1) is 11.5. The number of amides is 2. The SMILES string of the molecule is O=C(Nc1ccc(Cl)cc1)C1CCCN(C(=O)c2cnc(Br)s2)C1. The van der Waals surface area contributed by atoms with Gasteiger partial charge in [0.2, 0.25) is 5.91 Å². The lowest BCUT2D eigenvalue weighted by Gasteiger charge is -2.31. The number of thiazole rings is 1. The van der Waals surface area contributed by atoms with Crippen molar-refractivity contribution in [2.24, 2.45) is 5.92 Å². The van der Waals surface area contributed by atoms with Gasteiger partial charge in [-0.2, -0.15) is 0 Å². The number of benzene rings is 1. The summed E-state index contributed by atoms with van der Waals surface area (Å²) in [7, 11) is 0. The molecule has 1 aliphatic heterocycles. The highest BCUT2D eigenvalue weighted by molar-refractivity contribution is 9.11. The summed E-state index contributed by atoms with van der Waals surface area (Å²) in [6.45, 7) is 1.09. The number of carbonyl (C=O) groups is 2. The van der Waals surface area contributed by atoms with Crippen LogP contribution in [0.2, 0.25) is 5.02 Å². The lowest BCUT2D eigenvalue weighted by atomic mass is 9.97. The molecule has 0 radical (unpaired) electrons. The number of rotatable bonds is 3. The minimum Gasteiger partial charge on any atom is -0.337 e. The molecule has 126 valence electrons. The molecule has 0 bridgehead atoms. The number of anilines is 1. The summed E-state index contributed by atoms with van der Waals surface area (Å²) >= 11 is 10.4. The van der Waals surface area contributed by atoms with Gasteiger partial charge in [0.1, 0.15) is 4.88 Å². The molecule has 5 nitrogen and oxygen atoms in total. The molecule has 1 N–H and O–H groups in total. The lowest BCUT2D eigenvalue weighted by molar-refractivity contribution is -0.121. The van der Waals surface area contributed by atoms with E-state index in [1.165, 1.54) is 11.3 Å². The van der Waals surface area contributed by atoms with Crippen LogP contribution in [0.25, 0.3) is 0 Å². The van der Waals surface area contributed by atoms with Crippen LogP contribution in [0.3, 0.4) is 0 Å². The van der Waals surface area contributed by atoms with E-state index in [0.29, 0.717) is 32.6 Å². The Hall–Kier alpha value is -1.44. The average Bonchev–Trinajstić information content (AvgIpc) is 3.03. The topological polar surface area (TPSA) is 62.3 Å². The summed E-state index contributed by atoms with van der Waals surface area (Å²) in [4.78, 5) is 31.3. The second-order valence-corrected chi connectivity index (χ2v) is 8.31. The van der Waals surface area contributed by atoms with Gasteiger partial charge in [-0.05, 0) is 53.0 Å². The summed E-state index contributed by atoms with van der Waals surface area (Å²) in [5.74, 6) is -0.350. The monoisotopic (exact) mass is 427 g/mol. The molecule has 8 heteroatoms. The summed E-state index contributed by atoms with van der Waals surface area (Å²) in [6.07, 6.45) is 3.15. The number of hydrogen-bond acceptors (Lipinski definition) is 4. The van der Waals surface area contributed by atoms with Gasteiger partial charge in [-0.15, -0.1) is 11.3 Å². The predicted octanol–water partition coefficient (Wildman–Crippen LogP) is 4.05. The zero-order valence-corrected chi connectivity index (χ0v) is 15.8. The van der Waals surface area contributed by atoms with Crippen molar-refractivity contribution in [1.29, 1.82) is 0 Å². The van der Waals surface area contributed by atoms with E-state index in [9.17, 15) is 9.59 Å². The van der Waals surface area contributed by atoms with Crippen LogP contribution in [-0.4, -0.2) is 34.8 Å². The maximum absolute atomic E-state index is 12.5. The van der Waals surface area contributed by atoms with Gasteiger partial charge in [-0.1, -0.05) is 11.6 Å². The van der Waals surface area contributed by atoms with Crippen LogP contribution in [0.1, 0.15) is 22.5 Å². The molecule has 1 aromatic heterocycles. The number of piperidine rings is 1. The number of nitrogens with zero attached hydrogens (tertiary/aromatic N) is 2. The molecule has 3 rings (SSSR count). The van der Waals surface area contributed by atoms with Gasteiger partial charge in [0.15, 0.2) is 3.92 Å². The normalized spacial score (nSPS) is 17.6. The first-order valence-corrected chi connectivity index (χ1v) is 9.49. The highest BCUT2D eigenvalue weighted by Crippen LogP contribution is 2.24. The van der Waals surface area contributed by atoms with Crippen LogP contribution in [0.15, 0.2) is 34.4 Å². The van der Waals surface area contributed by atoms with Crippen LogP contribution >= 0.6 is 38.9 Å². The predicted molar refractivity (Wildman–Crippen MR) is 98.5 cm³/mol. The molecule has 24 heavy (non-hydrogen) atoms. The molecule has 1 saturated heterocycles. The number of hydrogen-bond donors (Lipinski definition) is 1. The van der Waals surface area contributed by atoms with Crippen molar-refractivity contribution < 1.29 is 9.59 Å². The van der Waals surface area contributed by atoms with Gasteiger partial charge in [0.05, 0.1) is 12.1 Å². The molecule has 0 aliphatic carbocycles. The van der Waals surface area contributed by atoms with E-state index in [2.05, 4.69) is 26.2 Å². The van der Waals surface area contributed by atoms with Crippen molar-refractivity contribution in [3.05, 3.63) is 44.3 Å². The Morgan fingerprint density at radius 3 is 2.75 bits per heavy atom. The largest absolute Gasteiger partial charge is 0.337 e. The van der Waals surface area contributed by atoms with E-state index in [0.717, 1.165) is 12.8 Å². The first-order valence-electron chi connectivity index (χ1n) is 7.50. The third-order valence-corrected chi connectivity index (χ3v) is 5.60. The molecular formula is C16H15BrClN3O2S. The Kier molecular flexibility index (Phi) is 5.53. The lowest BCUT2D eigenvalue weighted by Crippen LogP contribution is -2.43. The first kappa shape index (κ1) is 17.4. The molecule has 1 aliphatic rings. The second kappa shape index (κ2) is 7.63. The Bertz CT molecular complexity index is 750. The van der Waals surface area contributed by atoms with Crippen molar-refractivity contribution in [3.8, 4) is 0 Å². The van der Waals surface area contributed by atoms with Gasteiger partial charge in [-0.3, -0.25) is 9.59 Å². The van der Waals surface area contributed by atoms with E-state index >= 15 is 0 Å². The molecular weight excluding hydrogens is 414 g/mol. The van der Waals surface area contributed by atoms with E-state index in [1.54, 1.807) is 35.4 Å².